The maximum Gasteiger partial charge on any atom is 0.312 e. The molecule has 2 rings (SSSR count). The number of carbonyl (C=O) groups is 2. The van der Waals surface area contributed by atoms with E-state index in [2.05, 4.69) is 10.2 Å². The Kier molecular flexibility index (Phi) is 6.99. The number of piperazine rings is 1. The zero-order valence-corrected chi connectivity index (χ0v) is 14.0. The molecule has 0 unspecified atom stereocenters. The van der Waals surface area contributed by atoms with Crippen LogP contribution in [0.15, 0.2) is 24.3 Å². The van der Waals surface area contributed by atoms with Crippen molar-refractivity contribution in [3.05, 3.63) is 30.1 Å². The summed E-state index contributed by atoms with van der Waals surface area (Å²) in [5.74, 6) is -1.33. The summed E-state index contributed by atoms with van der Waals surface area (Å²) < 4.78 is 18.1. The van der Waals surface area contributed by atoms with Crippen LogP contribution in [0.3, 0.4) is 0 Å². The largest absolute Gasteiger partial charge is 0.382 e. The molecule has 1 saturated heterocycles. The lowest BCUT2D eigenvalue weighted by atomic mass is 10.2. The van der Waals surface area contributed by atoms with E-state index in [1.807, 2.05) is 6.92 Å². The number of hydrogen-bond donors (Lipinski definition) is 1. The molecule has 0 spiro atoms. The highest BCUT2D eigenvalue weighted by Crippen LogP contribution is 2.16. The van der Waals surface area contributed by atoms with Gasteiger partial charge in [0.05, 0.1) is 0 Å². The van der Waals surface area contributed by atoms with Gasteiger partial charge in [0.25, 0.3) is 0 Å². The summed E-state index contributed by atoms with van der Waals surface area (Å²) in [7, 11) is 0. The van der Waals surface area contributed by atoms with Crippen molar-refractivity contribution in [2.45, 2.75) is 13.3 Å². The summed E-state index contributed by atoms with van der Waals surface area (Å²) in [5.41, 5.74) is 0.920. The lowest BCUT2D eigenvalue weighted by Gasteiger charge is -2.35. The molecule has 1 aliphatic heterocycles. The summed E-state index contributed by atoms with van der Waals surface area (Å²) in [6, 6.07) is 6.28. The minimum Gasteiger partial charge on any atom is -0.382 e. The first-order valence-corrected chi connectivity index (χ1v) is 8.27. The molecule has 2 amide bonds. The van der Waals surface area contributed by atoms with Gasteiger partial charge in [0, 0.05) is 51.6 Å². The molecule has 1 aromatic carbocycles. The maximum atomic E-state index is 13.0. The molecule has 1 heterocycles. The van der Waals surface area contributed by atoms with E-state index in [1.165, 1.54) is 12.1 Å². The van der Waals surface area contributed by atoms with Crippen LogP contribution in [0.1, 0.15) is 13.3 Å². The smallest absolute Gasteiger partial charge is 0.312 e. The Bertz CT molecular complexity index is 543. The van der Waals surface area contributed by atoms with Gasteiger partial charge in [-0.05, 0) is 37.6 Å². The average molecular weight is 337 g/mol. The van der Waals surface area contributed by atoms with Crippen LogP contribution in [0.5, 0.6) is 0 Å². The van der Waals surface area contributed by atoms with Gasteiger partial charge in [-0.3, -0.25) is 9.59 Å². The number of hydrogen-bond acceptors (Lipinski definition) is 4. The third-order valence-corrected chi connectivity index (χ3v) is 3.91. The SMILES string of the molecule is CCOCCCNC(=O)C(=O)N1CCN(c2ccc(F)cc2)CC1. The normalized spacial score (nSPS) is 14.6. The van der Waals surface area contributed by atoms with E-state index in [1.54, 1.807) is 17.0 Å². The van der Waals surface area contributed by atoms with Crippen LogP contribution in [0.4, 0.5) is 10.1 Å². The second-order valence-electron chi connectivity index (χ2n) is 5.56. The Balaban J connectivity index is 1.73. The molecule has 0 aliphatic carbocycles. The van der Waals surface area contributed by atoms with Crippen LogP contribution in [0.2, 0.25) is 0 Å². The van der Waals surface area contributed by atoms with E-state index in [0.717, 1.165) is 5.69 Å². The molecular weight excluding hydrogens is 313 g/mol. The highest BCUT2D eigenvalue weighted by Gasteiger charge is 2.25. The molecule has 7 heteroatoms. The van der Waals surface area contributed by atoms with Gasteiger partial charge in [0.2, 0.25) is 0 Å². The lowest BCUT2D eigenvalue weighted by molar-refractivity contribution is -0.146. The molecule has 6 nitrogen and oxygen atoms in total. The number of carbonyl (C=O) groups excluding carboxylic acids is 2. The van der Waals surface area contributed by atoms with E-state index in [0.29, 0.717) is 52.4 Å². The first kappa shape index (κ1) is 18.2. The number of benzene rings is 1. The monoisotopic (exact) mass is 337 g/mol. The van der Waals surface area contributed by atoms with Crippen LogP contribution in [-0.4, -0.2) is 62.7 Å². The van der Waals surface area contributed by atoms with E-state index in [-0.39, 0.29) is 5.82 Å². The van der Waals surface area contributed by atoms with Gasteiger partial charge in [0.15, 0.2) is 0 Å². The molecular formula is C17H24FN3O3. The van der Waals surface area contributed by atoms with Gasteiger partial charge in [0.1, 0.15) is 5.82 Å². The molecule has 0 saturated carbocycles. The van der Waals surface area contributed by atoms with E-state index < -0.39 is 11.8 Å². The Morgan fingerprint density at radius 2 is 1.83 bits per heavy atom. The molecule has 1 aliphatic rings. The second kappa shape index (κ2) is 9.22. The summed E-state index contributed by atoms with van der Waals surface area (Å²) in [5, 5.41) is 2.62. The maximum absolute atomic E-state index is 13.0. The fourth-order valence-corrected chi connectivity index (χ4v) is 2.56. The third kappa shape index (κ3) is 5.19. The minimum atomic E-state index is -0.568. The minimum absolute atomic E-state index is 0.270. The number of halogens is 1. The third-order valence-electron chi connectivity index (χ3n) is 3.91. The summed E-state index contributed by atoms with van der Waals surface area (Å²) in [4.78, 5) is 27.6. The first-order valence-electron chi connectivity index (χ1n) is 8.27. The topological polar surface area (TPSA) is 61.9 Å². The second-order valence-corrected chi connectivity index (χ2v) is 5.56. The van der Waals surface area contributed by atoms with Gasteiger partial charge >= 0.3 is 11.8 Å². The number of nitrogens with zero attached hydrogens (tertiary/aromatic N) is 2. The Morgan fingerprint density at radius 3 is 2.46 bits per heavy atom. The van der Waals surface area contributed by atoms with E-state index in [9.17, 15) is 14.0 Å². The van der Waals surface area contributed by atoms with Crippen molar-refractivity contribution < 1.29 is 18.7 Å². The zero-order valence-electron chi connectivity index (χ0n) is 14.0. The van der Waals surface area contributed by atoms with Gasteiger partial charge in [-0.2, -0.15) is 0 Å². The number of anilines is 1. The van der Waals surface area contributed by atoms with Crippen LogP contribution in [-0.2, 0) is 14.3 Å². The van der Waals surface area contributed by atoms with Crippen LogP contribution < -0.4 is 10.2 Å². The first-order chi connectivity index (χ1) is 11.6. The standard InChI is InChI=1S/C17H24FN3O3/c1-2-24-13-3-8-19-16(22)17(23)21-11-9-20(10-12-21)15-6-4-14(18)5-7-15/h4-7H,2-3,8-13H2,1H3,(H,19,22). The van der Waals surface area contributed by atoms with Gasteiger partial charge in [-0.25, -0.2) is 4.39 Å². The van der Waals surface area contributed by atoms with Crippen molar-refractivity contribution in [1.29, 1.82) is 0 Å². The molecule has 1 N–H and O–H groups in total. The van der Waals surface area contributed by atoms with Crippen molar-refractivity contribution in [3.8, 4) is 0 Å². The van der Waals surface area contributed by atoms with Gasteiger partial charge in [-0.1, -0.05) is 0 Å². The predicted octanol–water partition coefficient (Wildman–Crippen LogP) is 1.02. The lowest BCUT2D eigenvalue weighted by Crippen LogP contribution is -2.52. The van der Waals surface area contributed by atoms with Crippen LogP contribution >= 0.6 is 0 Å². The number of amides is 2. The molecule has 24 heavy (non-hydrogen) atoms. The summed E-state index contributed by atoms with van der Waals surface area (Å²) >= 11 is 0. The Labute approximate surface area is 141 Å². The molecule has 0 radical (unpaired) electrons. The quantitative estimate of drug-likeness (QED) is 0.622. The molecule has 132 valence electrons. The highest BCUT2D eigenvalue weighted by molar-refractivity contribution is 6.35. The van der Waals surface area contributed by atoms with Crippen LogP contribution in [0.25, 0.3) is 0 Å². The van der Waals surface area contributed by atoms with Gasteiger partial charge < -0.3 is 19.9 Å². The summed E-state index contributed by atoms with van der Waals surface area (Å²) in [6.45, 7) is 5.75. The number of ether oxygens (including phenoxy) is 1. The molecule has 0 aromatic heterocycles. The molecule has 0 atom stereocenters. The van der Waals surface area contributed by atoms with Gasteiger partial charge in [-0.15, -0.1) is 0 Å². The Morgan fingerprint density at radius 1 is 1.17 bits per heavy atom. The average Bonchev–Trinajstić information content (AvgIpc) is 2.61. The predicted molar refractivity (Wildman–Crippen MR) is 89.3 cm³/mol. The van der Waals surface area contributed by atoms with Crippen molar-refractivity contribution in [2.75, 3.05) is 50.8 Å². The van der Waals surface area contributed by atoms with E-state index in [4.69, 9.17) is 4.74 Å². The van der Waals surface area contributed by atoms with Crippen molar-refractivity contribution in [3.63, 3.8) is 0 Å². The number of rotatable bonds is 6. The van der Waals surface area contributed by atoms with Crippen LogP contribution in [0, 0.1) is 5.82 Å². The Hall–Kier alpha value is -2.15. The van der Waals surface area contributed by atoms with Crippen molar-refractivity contribution >= 4 is 17.5 Å². The van der Waals surface area contributed by atoms with Crippen molar-refractivity contribution in [2.24, 2.45) is 0 Å². The highest BCUT2D eigenvalue weighted by atomic mass is 19.1. The summed E-state index contributed by atoms with van der Waals surface area (Å²) in [6.07, 6.45) is 0.686. The molecule has 0 bridgehead atoms. The fourth-order valence-electron chi connectivity index (χ4n) is 2.56. The molecule has 1 fully saturated rings. The fraction of sp³-hybridized carbons (Fsp3) is 0.529. The van der Waals surface area contributed by atoms with Crippen molar-refractivity contribution in [1.82, 2.24) is 10.2 Å². The zero-order chi connectivity index (χ0) is 17.4. The van der Waals surface area contributed by atoms with E-state index >= 15 is 0 Å². The molecule has 1 aromatic rings. The number of nitrogens with one attached hydrogen (secondary N) is 1.